The smallest absolute Gasteiger partial charge is 0.266 e. The molecule has 2 rings (SSSR count). The molecule has 0 aliphatic carbocycles. The Kier molecular flexibility index (Phi) is 4.22. The first-order chi connectivity index (χ1) is 9.00. The number of fused-ring (bicyclic) bond motifs is 1. The van der Waals surface area contributed by atoms with Crippen molar-refractivity contribution in [1.29, 1.82) is 0 Å². The number of hydrazone groups is 1. The Morgan fingerprint density at radius 2 is 2.05 bits per heavy atom. The molecule has 0 saturated heterocycles. The highest BCUT2D eigenvalue weighted by Crippen LogP contribution is 2.34. The number of rotatable bonds is 3. The van der Waals surface area contributed by atoms with Crippen molar-refractivity contribution in [1.82, 2.24) is 5.43 Å². The largest absolute Gasteiger partial charge is 0.283 e. The highest BCUT2D eigenvalue weighted by Gasteiger charge is 2.16. The molecule has 0 aliphatic rings. The van der Waals surface area contributed by atoms with E-state index in [1.54, 1.807) is 0 Å². The first kappa shape index (κ1) is 14.0. The van der Waals surface area contributed by atoms with Gasteiger partial charge in [0.05, 0.1) is 5.02 Å². The maximum atomic E-state index is 12.1. The molecular weight excluding hydrogens is 280 g/mol. The Morgan fingerprint density at radius 3 is 2.68 bits per heavy atom. The van der Waals surface area contributed by atoms with E-state index in [4.69, 9.17) is 11.6 Å². The number of carbonyl (C=O) groups excluding carboxylic acids is 1. The van der Waals surface area contributed by atoms with E-state index in [-0.39, 0.29) is 5.91 Å². The number of thiophene rings is 1. The molecule has 0 unspecified atom stereocenters. The molecule has 0 fully saturated rings. The summed E-state index contributed by atoms with van der Waals surface area (Å²) in [5.74, 6) is 0.0457. The lowest BCUT2D eigenvalue weighted by atomic mass is 10.1. The van der Waals surface area contributed by atoms with Gasteiger partial charge in [0.25, 0.3) is 5.91 Å². The second kappa shape index (κ2) is 5.72. The van der Waals surface area contributed by atoms with Crippen molar-refractivity contribution >= 4 is 44.6 Å². The normalized spacial score (nSPS) is 12.2. The van der Waals surface area contributed by atoms with Crippen molar-refractivity contribution in [3.05, 3.63) is 34.2 Å². The van der Waals surface area contributed by atoms with Crippen LogP contribution in [0.5, 0.6) is 0 Å². The number of amides is 1. The van der Waals surface area contributed by atoms with Crippen LogP contribution < -0.4 is 5.43 Å². The van der Waals surface area contributed by atoms with Crippen LogP contribution >= 0.6 is 22.9 Å². The second-order valence-electron chi connectivity index (χ2n) is 4.59. The third-order valence-electron chi connectivity index (χ3n) is 2.91. The molecule has 0 bridgehead atoms. The summed E-state index contributed by atoms with van der Waals surface area (Å²) in [6.45, 7) is 5.94. The van der Waals surface area contributed by atoms with E-state index in [2.05, 4.69) is 10.5 Å². The minimum atomic E-state index is -0.258. The average Bonchev–Trinajstić information content (AvgIpc) is 2.73. The van der Waals surface area contributed by atoms with Crippen molar-refractivity contribution < 1.29 is 4.79 Å². The molecule has 3 nitrogen and oxygen atoms in total. The molecule has 0 saturated carbocycles. The molecule has 19 heavy (non-hydrogen) atoms. The number of nitrogens with one attached hydrogen (secondary N) is 1. The number of benzene rings is 1. The minimum absolute atomic E-state index is 0.258. The third-order valence-corrected chi connectivity index (χ3v) is 4.58. The first-order valence-electron chi connectivity index (χ1n) is 6.02. The summed E-state index contributed by atoms with van der Waals surface area (Å²) >= 11 is 7.61. The molecule has 0 aliphatic heterocycles. The van der Waals surface area contributed by atoms with Crippen molar-refractivity contribution in [2.75, 3.05) is 0 Å². The van der Waals surface area contributed by atoms with Crippen LogP contribution in [0.3, 0.4) is 0 Å². The van der Waals surface area contributed by atoms with E-state index in [9.17, 15) is 4.79 Å². The van der Waals surface area contributed by atoms with Gasteiger partial charge in [0.1, 0.15) is 4.88 Å². The molecule has 1 heterocycles. The van der Waals surface area contributed by atoms with Crippen LogP contribution in [-0.4, -0.2) is 11.6 Å². The zero-order valence-electron chi connectivity index (χ0n) is 11.0. The Balaban J connectivity index is 2.27. The summed E-state index contributed by atoms with van der Waals surface area (Å²) in [7, 11) is 0. The molecular formula is C14H15ClN2OS. The SMILES string of the molecule is C/C(=N/NC(=O)c1sc2ccccc2c1Cl)C(C)C. The lowest BCUT2D eigenvalue weighted by Gasteiger charge is -2.04. The maximum Gasteiger partial charge on any atom is 0.283 e. The van der Waals surface area contributed by atoms with Crippen LogP contribution in [0.2, 0.25) is 5.02 Å². The zero-order valence-corrected chi connectivity index (χ0v) is 12.6. The monoisotopic (exact) mass is 294 g/mol. The van der Waals surface area contributed by atoms with Crippen molar-refractivity contribution in [3.8, 4) is 0 Å². The maximum absolute atomic E-state index is 12.1. The highest BCUT2D eigenvalue weighted by molar-refractivity contribution is 7.21. The van der Waals surface area contributed by atoms with Gasteiger partial charge in [0, 0.05) is 15.8 Å². The molecule has 0 atom stereocenters. The van der Waals surface area contributed by atoms with Gasteiger partial charge in [-0.3, -0.25) is 4.79 Å². The van der Waals surface area contributed by atoms with E-state index in [0.717, 1.165) is 15.8 Å². The molecule has 5 heteroatoms. The van der Waals surface area contributed by atoms with Crippen LogP contribution in [-0.2, 0) is 0 Å². The Morgan fingerprint density at radius 1 is 1.37 bits per heavy atom. The Labute approximate surface area is 121 Å². The number of halogens is 1. The van der Waals surface area contributed by atoms with Gasteiger partial charge in [0.2, 0.25) is 0 Å². The van der Waals surface area contributed by atoms with Crippen LogP contribution in [0, 0.1) is 5.92 Å². The van der Waals surface area contributed by atoms with Crippen LogP contribution in [0.25, 0.3) is 10.1 Å². The molecule has 0 radical (unpaired) electrons. The summed E-state index contributed by atoms with van der Waals surface area (Å²) in [6.07, 6.45) is 0. The fourth-order valence-corrected chi connectivity index (χ4v) is 2.89. The van der Waals surface area contributed by atoms with Gasteiger partial charge >= 0.3 is 0 Å². The predicted octanol–water partition coefficient (Wildman–Crippen LogP) is 4.32. The molecule has 1 aromatic heterocycles. The highest BCUT2D eigenvalue weighted by atomic mass is 35.5. The molecule has 2 aromatic rings. The quantitative estimate of drug-likeness (QED) is 0.665. The summed E-state index contributed by atoms with van der Waals surface area (Å²) in [6, 6.07) is 7.69. The number of hydrogen-bond acceptors (Lipinski definition) is 3. The summed E-state index contributed by atoms with van der Waals surface area (Å²) in [5.41, 5.74) is 3.44. The van der Waals surface area contributed by atoms with E-state index >= 15 is 0 Å². The van der Waals surface area contributed by atoms with Crippen LogP contribution in [0.4, 0.5) is 0 Å². The average molecular weight is 295 g/mol. The van der Waals surface area contributed by atoms with Gasteiger partial charge in [-0.25, -0.2) is 5.43 Å². The van der Waals surface area contributed by atoms with Gasteiger partial charge in [-0.1, -0.05) is 43.6 Å². The number of nitrogens with zero attached hydrogens (tertiary/aromatic N) is 1. The Bertz CT molecular complexity index is 646. The minimum Gasteiger partial charge on any atom is -0.266 e. The van der Waals surface area contributed by atoms with Crippen LogP contribution in [0.1, 0.15) is 30.4 Å². The van der Waals surface area contributed by atoms with Gasteiger partial charge in [-0.15, -0.1) is 11.3 Å². The molecule has 100 valence electrons. The number of carbonyl (C=O) groups is 1. The van der Waals surface area contributed by atoms with E-state index in [1.165, 1.54) is 11.3 Å². The summed E-state index contributed by atoms with van der Waals surface area (Å²) < 4.78 is 1.00. The fourth-order valence-electron chi connectivity index (χ4n) is 1.48. The standard InChI is InChI=1S/C14H15ClN2OS/c1-8(2)9(3)16-17-14(18)13-12(15)10-6-4-5-7-11(10)19-13/h4-8H,1-3H3,(H,17,18)/b16-9-. The van der Waals surface area contributed by atoms with Gasteiger partial charge < -0.3 is 0 Å². The van der Waals surface area contributed by atoms with Crippen molar-refractivity contribution in [2.24, 2.45) is 11.0 Å². The van der Waals surface area contributed by atoms with Gasteiger partial charge in [-0.2, -0.15) is 5.10 Å². The van der Waals surface area contributed by atoms with E-state index in [1.807, 2.05) is 45.0 Å². The van der Waals surface area contributed by atoms with Crippen LogP contribution in [0.15, 0.2) is 29.4 Å². The van der Waals surface area contributed by atoms with E-state index < -0.39 is 0 Å². The first-order valence-corrected chi connectivity index (χ1v) is 7.21. The molecule has 1 aromatic carbocycles. The van der Waals surface area contributed by atoms with Crippen molar-refractivity contribution in [3.63, 3.8) is 0 Å². The third kappa shape index (κ3) is 2.96. The fraction of sp³-hybridized carbons (Fsp3) is 0.286. The molecule has 1 N–H and O–H groups in total. The van der Waals surface area contributed by atoms with Gasteiger partial charge in [0.15, 0.2) is 0 Å². The lowest BCUT2D eigenvalue weighted by molar-refractivity contribution is 0.0959. The Hall–Kier alpha value is -1.39. The second-order valence-corrected chi connectivity index (χ2v) is 6.02. The summed E-state index contributed by atoms with van der Waals surface area (Å²) in [4.78, 5) is 12.6. The lowest BCUT2D eigenvalue weighted by Crippen LogP contribution is -2.19. The van der Waals surface area contributed by atoms with Crippen molar-refractivity contribution in [2.45, 2.75) is 20.8 Å². The summed E-state index contributed by atoms with van der Waals surface area (Å²) in [5, 5.41) is 5.48. The number of hydrogen-bond donors (Lipinski definition) is 1. The van der Waals surface area contributed by atoms with E-state index in [0.29, 0.717) is 15.8 Å². The molecule has 1 amide bonds. The predicted molar refractivity (Wildman–Crippen MR) is 82.2 cm³/mol. The molecule has 0 spiro atoms. The zero-order chi connectivity index (χ0) is 14.0. The topological polar surface area (TPSA) is 41.5 Å². The van der Waals surface area contributed by atoms with Gasteiger partial charge in [-0.05, 0) is 18.9 Å².